The third-order valence-corrected chi connectivity index (χ3v) is 2.89. The lowest BCUT2D eigenvalue weighted by atomic mass is 9.89. The summed E-state index contributed by atoms with van der Waals surface area (Å²) in [6, 6.07) is 1.83. The standard InChI is InChI=1S/C12H15ClN2O/c1-12(2,3)11-9(6-8(13)7-14-11)15-5-4-10(15)16/h6-7H,4-5H2,1-3H3. The van der Waals surface area contributed by atoms with Crippen LogP contribution in [0.5, 0.6) is 0 Å². The van der Waals surface area contributed by atoms with Gasteiger partial charge in [0.1, 0.15) is 0 Å². The Balaban J connectivity index is 2.49. The van der Waals surface area contributed by atoms with Crippen LogP contribution in [-0.4, -0.2) is 17.4 Å². The highest BCUT2D eigenvalue weighted by molar-refractivity contribution is 6.30. The van der Waals surface area contributed by atoms with Gasteiger partial charge < -0.3 is 4.90 Å². The van der Waals surface area contributed by atoms with Crippen molar-refractivity contribution in [3.63, 3.8) is 0 Å². The van der Waals surface area contributed by atoms with E-state index in [0.717, 1.165) is 17.9 Å². The summed E-state index contributed by atoms with van der Waals surface area (Å²) in [7, 11) is 0. The molecule has 1 aliphatic heterocycles. The van der Waals surface area contributed by atoms with Gasteiger partial charge in [0.25, 0.3) is 0 Å². The average Bonchev–Trinajstić information content (AvgIpc) is 2.13. The Morgan fingerprint density at radius 3 is 2.56 bits per heavy atom. The molecule has 1 aromatic heterocycles. The fourth-order valence-corrected chi connectivity index (χ4v) is 1.93. The maximum atomic E-state index is 11.5. The van der Waals surface area contributed by atoms with Crippen LogP contribution in [0.4, 0.5) is 5.69 Å². The molecule has 0 atom stereocenters. The predicted octanol–water partition coefficient (Wildman–Crippen LogP) is 2.77. The number of aromatic nitrogens is 1. The summed E-state index contributed by atoms with van der Waals surface area (Å²) in [6.45, 7) is 7.01. The molecular weight excluding hydrogens is 224 g/mol. The number of hydrogen-bond acceptors (Lipinski definition) is 2. The summed E-state index contributed by atoms with van der Waals surface area (Å²) in [5, 5.41) is 0.572. The van der Waals surface area contributed by atoms with Gasteiger partial charge >= 0.3 is 0 Å². The smallest absolute Gasteiger partial charge is 0.228 e. The number of hydrogen-bond donors (Lipinski definition) is 0. The summed E-state index contributed by atoms with van der Waals surface area (Å²) in [5.74, 6) is 0.148. The van der Waals surface area contributed by atoms with Gasteiger partial charge in [-0.2, -0.15) is 0 Å². The number of carbonyl (C=O) groups is 1. The minimum Gasteiger partial charge on any atom is -0.310 e. The van der Waals surface area contributed by atoms with E-state index in [2.05, 4.69) is 25.8 Å². The zero-order valence-corrected chi connectivity index (χ0v) is 10.5. The molecule has 0 bridgehead atoms. The first-order chi connectivity index (χ1) is 7.39. The van der Waals surface area contributed by atoms with Crippen LogP contribution in [0.2, 0.25) is 5.02 Å². The SMILES string of the molecule is CC(C)(C)c1ncc(Cl)cc1N1CCC1=O. The average molecular weight is 239 g/mol. The van der Waals surface area contributed by atoms with Crippen LogP contribution in [-0.2, 0) is 10.2 Å². The van der Waals surface area contributed by atoms with Crippen molar-refractivity contribution >= 4 is 23.2 Å². The van der Waals surface area contributed by atoms with Crippen LogP contribution >= 0.6 is 11.6 Å². The molecule has 86 valence electrons. The van der Waals surface area contributed by atoms with Gasteiger partial charge in [0.15, 0.2) is 0 Å². The Kier molecular flexibility index (Phi) is 2.66. The van der Waals surface area contributed by atoms with Crippen molar-refractivity contribution in [2.45, 2.75) is 32.6 Å². The van der Waals surface area contributed by atoms with E-state index in [0.29, 0.717) is 11.4 Å². The molecule has 2 heterocycles. The normalized spacial score (nSPS) is 16.2. The van der Waals surface area contributed by atoms with Crippen LogP contribution in [0.1, 0.15) is 32.9 Å². The molecule has 0 N–H and O–H groups in total. The molecule has 1 aromatic rings. The quantitative estimate of drug-likeness (QED) is 0.705. The lowest BCUT2D eigenvalue weighted by molar-refractivity contribution is -0.122. The van der Waals surface area contributed by atoms with Gasteiger partial charge in [0.2, 0.25) is 5.91 Å². The van der Waals surface area contributed by atoms with E-state index >= 15 is 0 Å². The largest absolute Gasteiger partial charge is 0.310 e. The Bertz CT molecular complexity index is 437. The topological polar surface area (TPSA) is 33.2 Å². The zero-order valence-electron chi connectivity index (χ0n) is 9.75. The number of rotatable bonds is 1. The number of β-lactam (4-membered cyclic amide) rings is 1. The second-order valence-corrected chi connectivity index (χ2v) is 5.50. The maximum absolute atomic E-state index is 11.5. The molecule has 0 spiro atoms. The number of pyridine rings is 1. The Labute approximate surface area is 100 Å². The van der Waals surface area contributed by atoms with Crippen molar-refractivity contribution in [3.05, 3.63) is 23.0 Å². The van der Waals surface area contributed by atoms with Gasteiger partial charge in [-0.1, -0.05) is 32.4 Å². The first-order valence-corrected chi connectivity index (χ1v) is 5.74. The van der Waals surface area contributed by atoms with Gasteiger partial charge in [-0.15, -0.1) is 0 Å². The highest BCUT2D eigenvalue weighted by Crippen LogP contribution is 2.34. The fraction of sp³-hybridized carbons (Fsp3) is 0.500. The third kappa shape index (κ3) is 1.92. The lowest BCUT2D eigenvalue weighted by Gasteiger charge is -2.34. The van der Waals surface area contributed by atoms with Crippen molar-refractivity contribution in [1.82, 2.24) is 4.98 Å². The van der Waals surface area contributed by atoms with Gasteiger partial charge in [0, 0.05) is 24.6 Å². The molecule has 0 aliphatic carbocycles. The molecule has 1 saturated heterocycles. The second kappa shape index (κ2) is 3.74. The minimum atomic E-state index is -0.0875. The minimum absolute atomic E-state index is 0.0875. The van der Waals surface area contributed by atoms with E-state index in [1.807, 2.05) is 6.07 Å². The van der Waals surface area contributed by atoms with Gasteiger partial charge in [0.05, 0.1) is 16.4 Å². The van der Waals surface area contributed by atoms with E-state index in [-0.39, 0.29) is 11.3 Å². The molecule has 4 heteroatoms. The summed E-state index contributed by atoms with van der Waals surface area (Å²) < 4.78 is 0. The fourth-order valence-electron chi connectivity index (χ4n) is 1.78. The number of amides is 1. The zero-order chi connectivity index (χ0) is 11.9. The molecule has 0 aromatic carbocycles. The molecule has 3 nitrogen and oxygen atoms in total. The highest BCUT2D eigenvalue weighted by Gasteiger charge is 2.31. The van der Waals surface area contributed by atoms with Crippen LogP contribution in [0.3, 0.4) is 0 Å². The van der Waals surface area contributed by atoms with E-state index in [9.17, 15) is 4.79 Å². The monoisotopic (exact) mass is 238 g/mol. The molecule has 0 radical (unpaired) electrons. The molecule has 1 amide bonds. The first-order valence-electron chi connectivity index (χ1n) is 5.36. The van der Waals surface area contributed by atoms with E-state index < -0.39 is 0 Å². The van der Waals surface area contributed by atoms with E-state index in [1.54, 1.807) is 11.1 Å². The molecular formula is C12H15ClN2O. The maximum Gasteiger partial charge on any atom is 0.228 e. The third-order valence-electron chi connectivity index (χ3n) is 2.69. The molecule has 0 saturated carbocycles. The van der Waals surface area contributed by atoms with Crippen LogP contribution < -0.4 is 4.90 Å². The number of anilines is 1. The molecule has 0 unspecified atom stereocenters. The summed E-state index contributed by atoms with van der Waals surface area (Å²) >= 11 is 5.94. The Morgan fingerprint density at radius 1 is 1.44 bits per heavy atom. The van der Waals surface area contributed by atoms with E-state index in [4.69, 9.17) is 11.6 Å². The predicted molar refractivity (Wildman–Crippen MR) is 64.9 cm³/mol. The van der Waals surface area contributed by atoms with Crippen molar-refractivity contribution in [2.24, 2.45) is 0 Å². The molecule has 16 heavy (non-hydrogen) atoms. The van der Waals surface area contributed by atoms with Crippen molar-refractivity contribution in [1.29, 1.82) is 0 Å². The van der Waals surface area contributed by atoms with E-state index in [1.165, 1.54) is 0 Å². The van der Waals surface area contributed by atoms with Crippen LogP contribution in [0.15, 0.2) is 12.3 Å². The molecule has 1 aliphatic rings. The summed E-state index contributed by atoms with van der Waals surface area (Å²) in [5.41, 5.74) is 1.69. The number of nitrogens with zero attached hydrogens (tertiary/aromatic N) is 2. The van der Waals surface area contributed by atoms with Crippen molar-refractivity contribution < 1.29 is 4.79 Å². The van der Waals surface area contributed by atoms with Crippen LogP contribution in [0.25, 0.3) is 0 Å². The molecule has 2 rings (SSSR count). The van der Waals surface area contributed by atoms with Gasteiger partial charge in [-0.05, 0) is 6.07 Å². The highest BCUT2D eigenvalue weighted by atomic mass is 35.5. The van der Waals surface area contributed by atoms with Gasteiger partial charge in [-0.3, -0.25) is 9.78 Å². The second-order valence-electron chi connectivity index (χ2n) is 5.07. The van der Waals surface area contributed by atoms with Gasteiger partial charge in [-0.25, -0.2) is 0 Å². The summed E-state index contributed by atoms with van der Waals surface area (Å²) in [4.78, 5) is 17.6. The number of carbonyl (C=O) groups excluding carboxylic acids is 1. The molecule has 1 fully saturated rings. The Morgan fingerprint density at radius 2 is 2.12 bits per heavy atom. The number of halogens is 1. The van der Waals surface area contributed by atoms with Crippen LogP contribution in [0, 0.1) is 0 Å². The lowest BCUT2D eigenvalue weighted by Crippen LogP contribution is -2.44. The van der Waals surface area contributed by atoms with Crippen molar-refractivity contribution in [3.8, 4) is 0 Å². The van der Waals surface area contributed by atoms with Crippen molar-refractivity contribution in [2.75, 3.05) is 11.4 Å². The first kappa shape index (κ1) is 11.4. The Hall–Kier alpha value is -1.09. The summed E-state index contributed by atoms with van der Waals surface area (Å²) in [6.07, 6.45) is 2.26.